The van der Waals surface area contributed by atoms with Crippen molar-refractivity contribution in [1.82, 2.24) is 0 Å². The number of rotatable bonds is 9. The Morgan fingerprint density at radius 3 is 1.59 bits per heavy atom. The summed E-state index contributed by atoms with van der Waals surface area (Å²) >= 11 is 0. The average molecular weight is 1100 g/mol. The molecule has 426 valence electrons. The summed E-state index contributed by atoms with van der Waals surface area (Å²) in [6.07, 6.45) is 9.96. The molecule has 4 aromatic rings. The molecule has 0 amide bonds. The highest BCUT2D eigenvalue weighted by Gasteiger charge is 2.73. The molecule has 4 bridgehead atoms. The van der Waals surface area contributed by atoms with E-state index in [1.165, 1.54) is 27.7 Å². The normalized spacial score (nSPS) is 39.1. The Morgan fingerprint density at radius 1 is 0.641 bits per heavy atom. The second-order valence-corrected chi connectivity index (χ2v) is 32.2. The molecule has 7 nitrogen and oxygen atoms in total. The SMILES string of the molecule is C.C.C.CC[C@]1(C)C[C@@H](O[SiH](c2ccccc2)c2ccccc2)[C@@]2(C)C3C(=O)CC[C@@]3(CC[C@H]2C)[C@@H](C)[C@@H]1O.CC[C@]1(C)C[C@H]2O[Si](c3ccccc3)(c3ccccc3)C[C@@H]3CC[C@]4(CCC(=O)C4[C@@]32C)[C@@H](C)[C@@H]1OC(C)=O. The van der Waals surface area contributed by atoms with Gasteiger partial charge in [0.1, 0.15) is 17.7 Å². The first kappa shape index (κ1) is 61.6. The molecule has 1 saturated heterocycles. The van der Waals surface area contributed by atoms with Gasteiger partial charge in [-0.3, -0.25) is 14.4 Å². The van der Waals surface area contributed by atoms with Gasteiger partial charge in [-0.1, -0.05) is 206 Å². The molecule has 11 rings (SSSR count). The number of ketones is 2. The maximum Gasteiger partial charge on any atom is 0.302 e. The second kappa shape index (κ2) is 23.1. The molecule has 1 N–H and O–H groups in total. The molecule has 0 spiro atoms. The topological polar surface area (TPSA) is 99.1 Å². The molecule has 0 aromatic heterocycles. The molecule has 7 fully saturated rings. The summed E-state index contributed by atoms with van der Waals surface area (Å²) in [6.45, 7) is 22.2. The van der Waals surface area contributed by atoms with Gasteiger partial charge in [0.05, 0.1) is 18.3 Å². The zero-order valence-electron chi connectivity index (χ0n) is 47.0. The summed E-state index contributed by atoms with van der Waals surface area (Å²) in [5.74, 6) is 1.59. The van der Waals surface area contributed by atoms with Gasteiger partial charge in [-0.15, -0.1) is 0 Å². The minimum atomic E-state index is -2.62. The van der Waals surface area contributed by atoms with E-state index in [4.69, 9.17) is 13.6 Å². The lowest BCUT2D eigenvalue weighted by Crippen LogP contribution is -2.74. The first-order chi connectivity index (χ1) is 35.8. The maximum absolute atomic E-state index is 14.0. The number of esters is 1. The van der Waals surface area contributed by atoms with Crippen LogP contribution in [0, 0.1) is 68.0 Å². The Hall–Kier alpha value is -4.00. The number of aliphatic hydroxyl groups is 1. The van der Waals surface area contributed by atoms with Crippen molar-refractivity contribution in [3.8, 4) is 0 Å². The second-order valence-electron chi connectivity index (χ2n) is 26.3. The van der Waals surface area contributed by atoms with Crippen molar-refractivity contribution >= 4 is 55.6 Å². The average Bonchev–Trinajstić information content (AvgIpc) is 4.04. The first-order valence-electron chi connectivity index (χ1n) is 29.2. The molecule has 4 aromatic carbocycles. The third kappa shape index (κ3) is 9.64. The molecule has 6 saturated carbocycles. The third-order valence-electron chi connectivity index (χ3n) is 23.3. The van der Waals surface area contributed by atoms with Gasteiger partial charge in [0.25, 0.3) is 8.32 Å². The summed E-state index contributed by atoms with van der Waals surface area (Å²) in [7, 11) is -4.66. The monoisotopic (exact) mass is 1100 g/mol. The summed E-state index contributed by atoms with van der Waals surface area (Å²) in [5.41, 5.74) is -1.22. The Balaban J connectivity index is 0.000000218. The summed E-state index contributed by atoms with van der Waals surface area (Å²) in [4.78, 5) is 40.3. The van der Waals surface area contributed by atoms with Gasteiger partial charge in [0, 0.05) is 53.8 Å². The van der Waals surface area contributed by atoms with Crippen LogP contribution in [0.1, 0.15) is 169 Å². The predicted octanol–water partition coefficient (Wildman–Crippen LogP) is 13.0. The van der Waals surface area contributed by atoms with Crippen molar-refractivity contribution in [3.05, 3.63) is 121 Å². The van der Waals surface area contributed by atoms with E-state index in [1.807, 2.05) is 0 Å². The van der Waals surface area contributed by atoms with Crippen molar-refractivity contribution in [2.45, 2.75) is 199 Å². The van der Waals surface area contributed by atoms with Crippen LogP contribution in [0.4, 0.5) is 0 Å². The highest BCUT2D eigenvalue weighted by Crippen LogP contribution is 2.71. The zero-order valence-corrected chi connectivity index (χ0v) is 49.1. The highest BCUT2D eigenvalue weighted by atomic mass is 28.4. The van der Waals surface area contributed by atoms with Crippen molar-refractivity contribution in [2.75, 3.05) is 0 Å². The minimum absolute atomic E-state index is 0. The molecule has 6 aliphatic carbocycles. The van der Waals surface area contributed by atoms with Crippen LogP contribution >= 0.6 is 0 Å². The first-order valence-corrected chi connectivity index (χ1v) is 33.0. The quantitative estimate of drug-likeness (QED) is 0.132. The van der Waals surface area contributed by atoms with Crippen LogP contribution in [0.15, 0.2) is 121 Å². The van der Waals surface area contributed by atoms with Crippen molar-refractivity contribution in [1.29, 1.82) is 0 Å². The van der Waals surface area contributed by atoms with Gasteiger partial charge < -0.3 is 18.7 Å². The van der Waals surface area contributed by atoms with E-state index in [1.54, 1.807) is 0 Å². The van der Waals surface area contributed by atoms with Crippen molar-refractivity contribution in [3.63, 3.8) is 0 Å². The van der Waals surface area contributed by atoms with Crippen LogP contribution in [0.2, 0.25) is 6.04 Å². The van der Waals surface area contributed by atoms with E-state index >= 15 is 0 Å². The van der Waals surface area contributed by atoms with Crippen LogP contribution in [0.5, 0.6) is 0 Å². The molecule has 1 aliphatic heterocycles. The lowest BCUT2D eigenvalue weighted by atomic mass is 9.43. The fraction of sp³-hybridized carbons (Fsp3) is 0.609. The van der Waals surface area contributed by atoms with E-state index in [-0.39, 0.29) is 103 Å². The predicted molar refractivity (Wildman–Crippen MR) is 326 cm³/mol. The number of hydrogen-bond acceptors (Lipinski definition) is 7. The van der Waals surface area contributed by atoms with E-state index in [0.717, 1.165) is 70.3 Å². The van der Waals surface area contributed by atoms with Crippen LogP contribution in [-0.4, -0.2) is 64.4 Å². The number of carbonyl (C=O) groups excluding carboxylic acids is 3. The fourth-order valence-corrected chi connectivity index (χ4v) is 25.7. The van der Waals surface area contributed by atoms with E-state index in [0.29, 0.717) is 36.2 Å². The van der Waals surface area contributed by atoms with Crippen LogP contribution in [-0.2, 0) is 28.0 Å². The van der Waals surface area contributed by atoms with Gasteiger partial charge >= 0.3 is 5.97 Å². The van der Waals surface area contributed by atoms with E-state index < -0.39 is 23.5 Å². The molecule has 9 heteroatoms. The van der Waals surface area contributed by atoms with Crippen LogP contribution in [0.3, 0.4) is 0 Å². The highest BCUT2D eigenvalue weighted by molar-refractivity contribution is 6.97. The standard InChI is InChI=1S/C34H44O4Si.C32H44O3Si.3CH4/c1-6-32(4)21-29-33(5)25(17-19-34(20-18-28(36)30(33)34)23(2)31(32)37-24(3)35)22-39(38-29,26-13-9-7-10-14-26)27-15-11-8-12-16-27;1-6-30(4)21-27(35-36(24-13-9-7-10-14-24)25-15-11-8-12-16-25)31(5)22(2)17-19-32(23(3)29(30)34)20-18-26(33)28(31)32;;;/h7-16,23,25,29-31H,6,17-22H2,1-5H3;7-16,22-23,27-29,34,36H,6,17-21H2,1-5H3;3*1H4/t23-,25-,29+,30?,31-,32+,33-,34-;22-,23+,27-,28?,29+,30-,31+,32+;;;/m01.../s1. The molecular weight excluding hydrogens is 997 g/mol. The lowest BCUT2D eigenvalue weighted by Gasteiger charge is -2.67. The van der Waals surface area contributed by atoms with Gasteiger partial charge in [0.15, 0.2) is 0 Å². The summed E-state index contributed by atoms with van der Waals surface area (Å²) in [6, 6.07) is 44.2. The maximum atomic E-state index is 14.0. The minimum Gasteiger partial charge on any atom is -0.462 e. The Kier molecular flexibility index (Phi) is 18.2. The van der Waals surface area contributed by atoms with Crippen LogP contribution in [0.25, 0.3) is 0 Å². The molecule has 78 heavy (non-hydrogen) atoms. The zero-order chi connectivity index (χ0) is 53.3. The molecule has 0 radical (unpaired) electrons. The van der Waals surface area contributed by atoms with E-state index in [9.17, 15) is 19.5 Å². The van der Waals surface area contributed by atoms with E-state index in [2.05, 4.69) is 184 Å². The summed E-state index contributed by atoms with van der Waals surface area (Å²) in [5, 5.41) is 17.1. The molecule has 7 aliphatic rings. The largest absolute Gasteiger partial charge is 0.462 e. The third-order valence-corrected chi connectivity index (χ3v) is 30.1. The van der Waals surface area contributed by atoms with Crippen molar-refractivity contribution in [2.24, 2.45) is 68.0 Å². The number of benzene rings is 4. The lowest BCUT2D eigenvalue weighted by molar-refractivity contribution is -0.211. The van der Waals surface area contributed by atoms with Gasteiger partial charge in [-0.2, -0.15) is 0 Å². The van der Waals surface area contributed by atoms with Crippen LogP contribution < -0.4 is 20.7 Å². The van der Waals surface area contributed by atoms with Crippen molar-refractivity contribution < 1.29 is 33.1 Å². The number of Topliss-reactive ketones (excluding diaryl/α,β-unsaturated/α-hetero) is 2. The number of aliphatic hydroxyl groups excluding tert-OH is 1. The fourth-order valence-electron chi connectivity index (χ4n) is 18.4. The number of hydrogen-bond donors (Lipinski definition) is 1. The van der Waals surface area contributed by atoms with Gasteiger partial charge in [-0.05, 0) is 125 Å². The molecular formula is C69H100O7Si2. The van der Waals surface area contributed by atoms with Gasteiger partial charge in [0.2, 0.25) is 9.04 Å². The number of carbonyl (C=O) groups is 3. The summed E-state index contributed by atoms with van der Waals surface area (Å²) < 4.78 is 21.5. The molecule has 2 unspecified atom stereocenters. The molecule has 1 heterocycles. The molecule has 16 atom stereocenters. The number of ether oxygens (including phenoxy) is 1. The Bertz CT molecular complexity index is 2610. The Morgan fingerprint density at radius 2 is 1.10 bits per heavy atom. The Labute approximate surface area is 474 Å². The smallest absolute Gasteiger partial charge is 0.302 e. The van der Waals surface area contributed by atoms with Gasteiger partial charge in [-0.25, -0.2) is 0 Å².